The average molecular weight is 211 g/mol. The number of rotatable bonds is 3. The van der Waals surface area contributed by atoms with Gasteiger partial charge in [0.15, 0.2) is 0 Å². The first kappa shape index (κ1) is 12.2. The van der Waals surface area contributed by atoms with Crippen LogP contribution in [0.1, 0.15) is 52.4 Å². The van der Waals surface area contributed by atoms with E-state index >= 15 is 0 Å². The maximum Gasteiger partial charge on any atom is 0.232 e. The van der Waals surface area contributed by atoms with Crippen LogP contribution in [0, 0.1) is 5.92 Å². The van der Waals surface area contributed by atoms with E-state index in [0.29, 0.717) is 13.0 Å². The van der Waals surface area contributed by atoms with Gasteiger partial charge >= 0.3 is 0 Å². The summed E-state index contributed by atoms with van der Waals surface area (Å²) in [5, 5.41) is 0. The minimum Gasteiger partial charge on any atom is -0.283 e. The SMILES string of the molecule is CCC(=O)N(CC)C(=O)C1CCCCC1. The standard InChI is InChI=1S/C12H21NO2/c1-3-11(14)13(4-2)12(15)10-8-6-5-7-9-10/h10H,3-9H2,1-2H3. The highest BCUT2D eigenvalue weighted by molar-refractivity contribution is 5.96. The van der Waals surface area contributed by atoms with Crippen LogP contribution >= 0.6 is 0 Å². The Morgan fingerprint density at radius 2 is 1.73 bits per heavy atom. The van der Waals surface area contributed by atoms with Crippen molar-refractivity contribution in [3.8, 4) is 0 Å². The fourth-order valence-corrected chi connectivity index (χ4v) is 2.22. The molecule has 0 aromatic heterocycles. The topological polar surface area (TPSA) is 37.4 Å². The predicted molar refractivity (Wildman–Crippen MR) is 59.3 cm³/mol. The molecule has 0 atom stereocenters. The van der Waals surface area contributed by atoms with Crippen LogP contribution in [0.15, 0.2) is 0 Å². The molecule has 86 valence electrons. The molecule has 3 nitrogen and oxygen atoms in total. The van der Waals surface area contributed by atoms with E-state index in [1.807, 2.05) is 6.92 Å². The van der Waals surface area contributed by atoms with Crippen molar-refractivity contribution in [1.29, 1.82) is 0 Å². The summed E-state index contributed by atoms with van der Waals surface area (Å²) in [6.07, 6.45) is 5.85. The maximum absolute atomic E-state index is 12.0. The number of hydrogen-bond acceptors (Lipinski definition) is 2. The first-order chi connectivity index (χ1) is 7.20. The van der Waals surface area contributed by atoms with E-state index in [-0.39, 0.29) is 17.7 Å². The molecule has 1 aliphatic carbocycles. The number of carbonyl (C=O) groups excluding carboxylic acids is 2. The summed E-state index contributed by atoms with van der Waals surface area (Å²) < 4.78 is 0. The monoisotopic (exact) mass is 211 g/mol. The highest BCUT2D eigenvalue weighted by atomic mass is 16.2. The molecule has 1 aliphatic rings. The zero-order valence-corrected chi connectivity index (χ0v) is 9.79. The summed E-state index contributed by atoms with van der Waals surface area (Å²) >= 11 is 0. The summed E-state index contributed by atoms with van der Waals surface area (Å²) in [5.74, 6) is 0.131. The normalized spacial score (nSPS) is 17.5. The van der Waals surface area contributed by atoms with E-state index in [4.69, 9.17) is 0 Å². The molecule has 1 fully saturated rings. The predicted octanol–water partition coefficient (Wildman–Crippen LogP) is 2.35. The van der Waals surface area contributed by atoms with Gasteiger partial charge in [-0.3, -0.25) is 14.5 Å². The molecule has 3 heteroatoms. The van der Waals surface area contributed by atoms with Gasteiger partial charge in [0.2, 0.25) is 11.8 Å². The molecule has 1 saturated carbocycles. The van der Waals surface area contributed by atoms with Gasteiger partial charge in [-0.1, -0.05) is 26.2 Å². The molecule has 2 amide bonds. The van der Waals surface area contributed by atoms with Gasteiger partial charge < -0.3 is 0 Å². The molecule has 0 aromatic rings. The van der Waals surface area contributed by atoms with E-state index in [2.05, 4.69) is 0 Å². The van der Waals surface area contributed by atoms with Crippen molar-refractivity contribution < 1.29 is 9.59 Å². The molecule has 0 heterocycles. The average Bonchev–Trinajstić information content (AvgIpc) is 2.30. The third-order valence-electron chi connectivity index (χ3n) is 3.14. The summed E-state index contributed by atoms with van der Waals surface area (Å²) in [6.45, 7) is 4.19. The Balaban J connectivity index is 2.58. The second-order valence-corrected chi connectivity index (χ2v) is 4.16. The van der Waals surface area contributed by atoms with Gasteiger partial charge in [-0.25, -0.2) is 0 Å². The molecule has 15 heavy (non-hydrogen) atoms. The molecule has 1 rings (SSSR count). The number of nitrogens with zero attached hydrogens (tertiary/aromatic N) is 1. The molecule has 0 aliphatic heterocycles. The number of carbonyl (C=O) groups is 2. The van der Waals surface area contributed by atoms with Crippen LogP contribution in [0.2, 0.25) is 0 Å². The Labute approximate surface area is 91.8 Å². The molecule has 0 unspecified atom stereocenters. The molecule has 0 radical (unpaired) electrons. The van der Waals surface area contributed by atoms with Gasteiger partial charge in [-0.15, -0.1) is 0 Å². The van der Waals surface area contributed by atoms with Gasteiger partial charge in [0, 0.05) is 18.9 Å². The van der Waals surface area contributed by atoms with Crippen molar-refractivity contribution in [2.45, 2.75) is 52.4 Å². The van der Waals surface area contributed by atoms with Crippen LogP contribution in [-0.4, -0.2) is 23.3 Å². The fraction of sp³-hybridized carbons (Fsp3) is 0.833. The van der Waals surface area contributed by atoms with Crippen molar-refractivity contribution in [3.63, 3.8) is 0 Å². The number of hydrogen-bond donors (Lipinski definition) is 0. The highest BCUT2D eigenvalue weighted by Gasteiger charge is 2.27. The van der Waals surface area contributed by atoms with E-state index in [0.717, 1.165) is 25.7 Å². The second kappa shape index (κ2) is 5.89. The van der Waals surface area contributed by atoms with E-state index < -0.39 is 0 Å². The second-order valence-electron chi connectivity index (χ2n) is 4.16. The first-order valence-electron chi connectivity index (χ1n) is 6.04. The lowest BCUT2D eigenvalue weighted by molar-refractivity contribution is -0.147. The Kier molecular flexibility index (Phi) is 4.79. The number of amides is 2. The van der Waals surface area contributed by atoms with Gasteiger partial charge in [0.1, 0.15) is 0 Å². The molecule has 0 N–H and O–H groups in total. The molecule has 0 saturated heterocycles. The fourth-order valence-electron chi connectivity index (χ4n) is 2.22. The summed E-state index contributed by atoms with van der Waals surface area (Å²) in [6, 6.07) is 0. The summed E-state index contributed by atoms with van der Waals surface area (Å²) in [4.78, 5) is 25.0. The lowest BCUT2D eigenvalue weighted by Gasteiger charge is -2.26. The third-order valence-corrected chi connectivity index (χ3v) is 3.14. The molecule has 0 spiro atoms. The zero-order valence-electron chi connectivity index (χ0n) is 9.79. The lowest BCUT2D eigenvalue weighted by Crippen LogP contribution is -2.40. The van der Waals surface area contributed by atoms with Gasteiger partial charge in [-0.2, -0.15) is 0 Å². The Bertz CT molecular complexity index is 232. The first-order valence-corrected chi connectivity index (χ1v) is 6.04. The molecular formula is C12H21NO2. The summed E-state index contributed by atoms with van der Waals surface area (Å²) in [7, 11) is 0. The van der Waals surface area contributed by atoms with E-state index in [1.54, 1.807) is 6.92 Å². The Morgan fingerprint density at radius 3 is 2.20 bits per heavy atom. The molecule has 0 bridgehead atoms. The Hall–Kier alpha value is -0.860. The van der Waals surface area contributed by atoms with E-state index in [9.17, 15) is 9.59 Å². The van der Waals surface area contributed by atoms with Crippen LogP contribution in [0.3, 0.4) is 0 Å². The minimum atomic E-state index is -0.0342. The van der Waals surface area contributed by atoms with Crippen LogP contribution in [-0.2, 0) is 9.59 Å². The minimum absolute atomic E-state index is 0.0342. The van der Waals surface area contributed by atoms with Gasteiger partial charge in [0.05, 0.1) is 0 Å². The van der Waals surface area contributed by atoms with Crippen molar-refractivity contribution in [2.75, 3.05) is 6.54 Å². The van der Waals surface area contributed by atoms with Crippen molar-refractivity contribution in [1.82, 2.24) is 4.90 Å². The van der Waals surface area contributed by atoms with Crippen molar-refractivity contribution >= 4 is 11.8 Å². The van der Waals surface area contributed by atoms with Crippen LogP contribution in [0.4, 0.5) is 0 Å². The van der Waals surface area contributed by atoms with Crippen LogP contribution in [0.5, 0.6) is 0 Å². The largest absolute Gasteiger partial charge is 0.283 e. The lowest BCUT2D eigenvalue weighted by atomic mass is 9.88. The quantitative estimate of drug-likeness (QED) is 0.718. The van der Waals surface area contributed by atoms with Crippen LogP contribution < -0.4 is 0 Å². The van der Waals surface area contributed by atoms with Crippen LogP contribution in [0.25, 0.3) is 0 Å². The van der Waals surface area contributed by atoms with Crippen molar-refractivity contribution in [2.24, 2.45) is 5.92 Å². The molecular weight excluding hydrogens is 190 g/mol. The third kappa shape index (κ3) is 3.05. The van der Waals surface area contributed by atoms with E-state index in [1.165, 1.54) is 11.3 Å². The maximum atomic E-state index is 12.0. The van der Waals surface area contributed by atoms with Gasteiger partial charge in [0.25, 0.3) is 0 Å². The molecule has 0 aromatic carbocycles. The smallest absolute Gasteiger partial charge is 0.232 e. The number of imide groups is 1. The summed E-state index contributed by atoms with van der Waals surface area (Å²) in [5.41, 5.74) is 0. The zero-order chi connectivity index (χ0) is 11.3. The Morgan fingerprint density at radius 1 is 1.13 bits per heavy atom. The highest BCUT2D eigenvalue weighted by Crippen LogP contribution is 2.25. The van der Waals surface area contributed by atoms with Crippen molar-refractivity contribution in [3.05, 3.63) is 0 Å². The van der Waals surface area contributed by atoms with Gasteiger partial charge in [-0.05, 0) is 19.8 Å².